The van der Waals surface area contributed by atoms with Crippen LogP contribution in [0.25, 0.3) is 0 Å². The van der Waals surface area contributed by atoms with E-state index in [1.165, 1.54) is 16.7 Å². The zero-order valence-electron chi connectivity index (χ0n) is 17.1. The Hall–Kier alpha value is -2.88. The van der Waals surface area contributed by atoms with E-state index in [-0.39, 0.29) is 6.04 Å². The first kappa shape index (κ1) is 18.5. The fourth-order valence-corrected chi connectivity index (χ4v) is 4.04. The van der Waals surface area contributed by atoms with Gasteiger partial charge in [-0.2, -0.15) is 4.98 Å². The van der Waals surface area contributed by atoms with Gasteiger partial charge in [-0.1, -0.05) is 54.6 Å². The Morgan fingerprint density at radius 1 is 1.00 bits per heavy atom. The van der Waals surface area contributed by atoms with Gasteiger partial charge in [-0.25, -0.2) is 4.98 Å². The molecule has 4 heteroatoms. The third kappa shape index (κ3) is 3.47. The minimum atomic E-state index is 0.149. The number of anilines is 2. The molecule has 0 amide bonds. The van der Waals surface area contributed by atoms with Crippen LogP contribution in [0.4, 0.5) is 11.8 Å². The van der Waals surface area contributed by atoms with Crippen molar-refractivity contribution in [2.45, 2.75) is 46.2 Å². The van der Waals surface area contributed by atoms with Crippen molar-refractivity contribution in [3.05, 3.63) is 82.5 Å². The van der Waals surface area contributed by atoms with Gasteiger partial charge in [0.15, 0.2) is 0 Å². The van der Waals surface area contributed by atoms with Crippen LogP contribution in [0, 0.1) is 13.8 Å². The molecule has 28 heavy (non-hydrogen) atoms. The maximum Gasteiger partial charge on any atom is 0.225 e. The monoisotopic (exact) mass is 372 g/mol. The highest BCUT2D eigenvalue weighted by molar-refractivity contribution is 5.55. The summed E-state index contributed by atoms with van der Waals surface area (Å²) in [7, 11) is 0. The van der Waals surface area contributed by atoms with E-state index in [4.69, 9.17) is 9.97 Å². The quantitative estimate of drug-likeness (QED) is 0.667. The van der Waals surface area contributed by atoms with E-state index in [0.717, 1.165) is 30.0 Å². The summed E-state index contributed by atoms with van der Waals surface area (Å²) in [6.45, 7) is 9.59. The Balaban J connectivity index is 1.65. The fraction of sp³-hybridized carbons (Fsp3) is 0.333. The number of hydrogen-bond acceptors (Lipinski definition) is 4. The molecule has 1 N–H and O–H groups in total. The second kappa shape index (κ2) is 7.63. The van der Waals surface area contributed by atoms with Crippen LogP contribution in [0.15, 0.2) is 54.6 Å². The van der Waals surface area contributed by atoms with Gasteiger partial charge in [0.25, 0.3) is 0 Å². The van der Waals surface area contributed by atoms with Crippen molar-refractivity contribution in [1.82, 2.24) is 9.97 Å². The number of hydrogen-bond donors (Lipinski definition) is 1. The van der Waals surface area contributed by atoms with Gasteiger partial charge in [0.05, 0.1) is 12.1 Å². The standard InChI is InChI=1S/C24H28N4/c1-16-17(2)25-24(26-18(3)20-10-6-5-7-11-20)27-23(16)28-15-14-21-12-8-9-13-22(21)19(28)4/h5-13,18-19H,14-15H2,1-4H3,(H,25,26,27). The second-order valence-corrected chi connectivity index (χ2v) is 7.68. The first-order valence-electron chi connectivity index (χ1n) is 10.1. The van der Waals surface area contributed by atoms with Crippen LogP contribution >= 0.6 is 0 Å². The van der Waals surface area contributed by atoms with Gasteiger partial charge >= 0.3 is 0 Å². The molecule has 2 unspecified atom stereocenters. The lowest BCUT2D eigenvalue weighted by molar-refractivity contribution is 0.614. The Labute approximate surface area is 167 Å². The predicted molar refractivity (Wildman–Crippen MR) is 116 cm³/mol. The molecule has 4 rings (SSSR count). The van der Waals surface area contributed by atoms with Crippen molar-refractivity contribution in [2.24, 2.45) is 0 Å². The van der Waals surface area contributed by atoms with Crippen molar-refractivity contribution in [1.29, 1.82) is 0 Å². The van der Waals surface area contributed by atoms with Crippen LogP contribution in [0.5, 0.6) is 0 Å². The normalized spacial score (nSPS) is 17.1. The SMILES string of the molecule is Cc1nc(NC(C)c2ccccc2)nc(N2CCc3ccccc3C2C)c1C. The molecule has 2 heterocycles. The average molecular weight is 373 g/mol. The molecule has 2 atom stereocenters. The summed E-state index contributed by atoms with van der Waals surface area (Å²) >= 11 is 0. The van der Waals surface area contributed by atoms with Crippen LogP contribution in [0.1, 0.15) is 53.9 Å². The summed E-state index contributed by atoms with van der Waals surface area (Å²) < 4.78 is 0. The summed E-state index contributed by atoms with van der Waals surface area (Å²) in [5, 5.41) is 3.49. The second-order valence-electron chi connectivity index (χ2n) is 7.68. The first-order chi connectivity index (χ1) is 13.5. The Kier molecular flexibility index (Phi) is 5.03. The van der Waals surface area contributed by atoms with Gasteiger partial charge in [0.2, 0.25) is 5.95 Å². The van der Waals surface area contributed by atoms with E-state index in [2.05, 4.69) is 86.4 Å². The van der Waals surface area contributed by atoms with E-state index in [0.29, 0.717) is 12.0 Å². The Morgan fingerprint density at radius 2 is 1.71 bits per heavy atom. The van der Waals surface area contributed by atoms with Crippen LogP contribution < -0.4 is 10.2 Å². The molecule has 0 saturated heterocycles. The molecule has 0 bridgehead atoms. The van der Waals surface area contributed by atoms with Gasteiger partial charge in [-0.3, -0.25) is 0 Å². The fourth-order valence-electron chi connectivity index (χ4n) is 4.04. The number of fused-ring (bicyclic) bond motifs is 1. The number of nitrogens with zero attached hydrogens (tertiary/aromatic N) is 3. The average Bonchev–Trinajstić information content (AvgIpc) is 2.72. The summed E-state index contributed by atoms with van der Waals surface area (Å²) in [6.07, 6.45) is 1.05. The molecule has 3 aromatic rings. The highest BCUT2D eigenvalue weighted by Crippen LogP contribution is 2.35. The minimum absolute atomic E-state index is 0.149. The molecular formula is C24H28N4. The van der Waals surface area contributed by atoms with Crippen LogP contribution in [-0.4, -0.2) is 16.5 Å². The summed E-state index contributed by atoms with van der Waals surface area (Å²) in [5.74, 6) is 1.73. The molecule has 0 fully saturated rings. The molecule has 4 nitrogen and oxygen atoms in total. The topological polar surface area (TPSA) is 41.1 Å². The minimum Gasteiger partial charge on any atom is -0.349 e. The number of benzene rings is 2. The molecule has 144 valence electrons. The van der Waals surface area contributed by atoms with E-state index in [1.54, 1.807) is 0 Å². The van der Waals surface area contributed by atoms with Crippen molar-refractivity contribution in [2.75, 3.05) is 16.8 Å². The molecule has 1 aliphatic heterocycles. The zero-order valence-corrected chi connectivity index (χ0v) is 17.1. The summed E-state index contributed by atoms with van der Waals surface area (Å²) in [5.41, 5.74) is 6.26. The molecule has 0 aliphatic carbocycles. The highest BCUT2D eigenvalue weighted by Gasteiger charge is 2.26. The first-order valence-corrected chi connectivity index (χ1v) is 10.1. The van der Waals surface area contributed by atoms with Crippen molar-refractivity contribution in [3.8, 4) is 0 Å². The van der Waals surface area contributed by atoms with Crippen molar-refractivity contribution in [3.63, 3.8) is 0 Å². The summed E-state index contributed by atoms with van der Waals surface area (Å²) in [6, 6.07) is 19.6. The third-order valence-corrected chi connectivity index (χ3v) is 5.88. The van der Waals surface area contributed by atoms with Gasteiger partial charge in [0, 0.05) is 17.8 Å². The predicted octanol–water partition coefficient (Wildman–Crippen LogP) is 5.39. The largest absolute Gasteiger partial charge is 0.349 e. The van der Waals surface area contributed by atoms with Gasteiger partial charge in [0.1, 0.15) is 5.82 Å². The van der Waals surface area contributed by atoms with Crippen LogP contribution in [0.2, 0.25) is 0 Å². The smallest absolute Gasteiger partial charge is 0.225 e. The maximum atomic E-state index is 4.95. The van der Waals surface area contributed by atoms with E-state index in [9.17, 15) is 0 Å². The van der Waals surface area contributed by atoms with Crippen LogP contribution in [0.3, 0.4) is 0 Å². The lowest BCUT2D eigenvalue weighted by atomic mass is 9.93. The van der Waals surface area contributed by atoms with E-state index >= 15 is 0 Å². The lowest BCUT2D eigenvalue weighted by Crippen LogP contribution is -2.35. The van der Waals surface area contributed by atoms with Crippen LogP contribution in [-0.2, 0) is 6.42 Å². The number of aryl methyl sites for hydroxylation is 1. The molecular weight excluding hydrogens is 344 g/mol. The van der Waals surface area contributed by atoms with E-state index in [1.807, 2.05) is 6.07 Å². The van der Waals surface area contributed by atoms with Gasteiger partial charge in [-0.15, -0.1) is 0 Å². The number of nitrogens with one attached hydrogen (secondary N) is 1. The molecule has 1 aliphatic rings. The number of rotatable bonds is 4. The maximum absolute atomic E-state index is 4.95. The zero-order chi connectivity index (χ0) is 19.7. The lowest BCUT2D eigenvalue weighted by Gasteiger charge is -2.37. The molecule has 1 aromatic heterocycles. The number of aromatic nitrogens is 2. The van der Waals surface area contributed by atoms with Crippen molar-refractivity contribution < 1.29 is 0 Å². The Morgan fingerprint density at radius 3 is 2.50 bits per heavy atom. The van der Waals surface area contributed by atoms with Gasteiger partial charge in [-0.05, 0) is 50.8 Å². The third-order valence-electron chi connectivity index (χ3n) is 5.88. The molecule has 0 radical (unpaired) electrons. The van der Waals surface area contributed by atoms with E-state index < -0.39 is 0 Å². The molecule has 0 saturated carbocycles. The summed E-state index contributed by atoms with van der Waals surface area (Å²) in [4.78, 5) is 12.1. The highest BCUT2D eigenvalue weighted by atomic mass is 15.3. The van der Waals surface area contributed by atoms with Gasteiger partial charge < -0.3 is 10.2 Å². The Bertz CT molecular complexity index is 968. The van der Waals surface area contributed by atoms with Crippen molar-refractivity contribution >= 4 is 11.8 Å². The molecule has 0 spiro atoms. The molecule has 2 aromatic carbocycles.